The normalized spacial score (nSPS) is 22.0. The highest BCUT2D eigenvalue weighted by Gasteiger charge is 2.17. The lowest BCUT2D eigenvalue weighted by Gasteiger charge is -2.29. The second-order valence-corrected chi connectivity index (χ2v) is 4.23. The van der Waals surface area contributed by atoms with Gasteiger partial charge in [-0.25, -0.2) is 10.8 Å². The smallest absolute Gasteiger partial charge is 0.139 e. The summed E-state index contributed by atoms with van der Waals surface area (Å²) in [6.07, 6.45) is 3.63. The Bertz CT molecular complexity index is 327. The Morgan fingerprint density at radius 2 is 2.44 bits per heavy atom. The second-order valence-electron chi connectivity index (χ2n) is 4.23. The molecule has 1 aromatic rings. The van der Waals surface area contributed by atoms with Crippen LogP contribution in [-0.4, -0.2) is 34.2 Å². The Labute approximate surface area is 95.2 Å². The Hall–Kier alpha value is -1.17. The van der Waals surface area contributed by atoms with Gasteiger partial charge in [0.1, 0.15) is 5.82 Å². The fraction of sp³-hybridized carbons (Fsp3) is 0.545. The third kappa shape index (κ3) is 2.91. The van der Waals surface area contributed by atoms with E-state index in [9.17, 15) is 5.11 Å². The molecular formula is C11H18N4O. The highest BCUT2D eigenvalue weighted by atomic mass is 16.3. The van der Waals surface area contributed by atoms with Crippen molar-refractivity contribution in [1.82, 2.24) is 9.88 Å². The molecule has 1 unspecified atom stereocenters. The monoisotopic (exact) mass is 222 g/mol. The molecule has 16 heavy (non-hydrogen) atoms. The van der Waals surface area contributed by atoms with Gasteiger partial charge in [0.2, 0.25) is 0 Å². The predicted octanol–water partition coefficient (Wildman–Crippen LogP) is 0.324. The molecule has 0 aromatic carbocycles. The van der Waals surface area contributed by atoms with Crippen LogP contribution < -0.4 is 11.3 Å². The van der Waals surface area contributed by atoms with E-state index in [2.05, 4.69) is 15.3 Å². The van der Waals surface area contributed by atoms with Gasteiger partial charge in [-0.2, -0.15) is 0 Å². The summed E-state index contributed by atoms with van der Waals surface area (Å²) < 4.78 is 0. The van der Waals surface area contributed by atoms with Crippen LogP contribution in [0.15, 0.2) is 18.3 Å². The summed E-state index contributed by atoms with van der Waals surface area (Å²) >= 11 is 0. The van der Waals surface area contributed by atoms with Crippen molar-refractivity contribution in [3.63, 3.8) is 0 Å². The molecule has 0 saturated carbocycles. The molecule has 1 aliphatic heterocycles. The molecule has 1 aliphatic rings. The van der Waals surface area contributed by atoms with Crippen molar-refractivity contribution in [2.75, 3.05) is 18.5 Å². The number of aromatic nitrogens is 1. The number of hydrazine groups is 1. The first-order valence-electron chi connectivity index (χ1n) is 5.60. The minimum absolute atomic E-state index is 0.174. The van der Waals surface area contributed by atoms with Gasteiger partial charge in [0.15, 0.2) is 0 Å². The van der Waals surface area contributed by atoms with Crippen LogP contribution in [0, 0.1) is 0 Å². The molecule has 0 aliphatic carbocycles. The molecule has 0 amide bonds. The number of piperidine rings is 1. The molecule has 2 heterocycles. The van der Waals surface area contributed by atoms with Gasteiger partial charge in [0.05, 0.1) is 6.10 Å². The molecule has 0 spiro atoms. The molecule has 0 bridgehead atoms. The van der Waals surface area contributed by atoms with Crippen molar-refractivity contribution in [3.05, 3.63) is 23.9 Å². The van der Waals surface area contributed by atoms with Crippen LogP contribution in [0.1, 0.15) is 18.4 Å². The number of likely N-dealkylation sites (tertiary alicyclic amines) is 1. The average Bonchev–Trinajstić information content (AvgIpc) is 2.30. The van der Waals surface area contributed by atoms with Gasteiger partial charge in [-0.05, 0) is 31.0 Å². The van der Waals surface area contributed by atoms with Crippen molar-refractivity contribution in [3.8, 4) is 0 Å². The van der Waals surface area contributed by atoms with E-state index < -0.39 is 0 Å². The summed E-state index contributed by atoms with van der Waals surface area (Å²) in [5.74, 6) is 5.92. The molecule has 1 aromatic heterocycles. The van der Waals surface area contributed by atoms with E-state index in [-0.39, 0.29) is 6.10 Å². The summed E-state index contributed by atoms with van der Waals surface area (Å²) in [6, 6.07) is 3.86. The average molecular weight is 222 g/mol. The number of nitrogens with one attached hydrogen (secondary N) is 1. The first-order chi connectivity index (χ1) is 7.78. The summed E-state index contributed by atoms with van der Waals surface area (Å²) in [5, 5.41) is 9.56. The number of nitrogen functional groups attached to an aromatic ring is 1. The third-order valence-corrected chi connectivity index (χ3v) is 2.86. The number of pyridine rings is 1. The van der Waals surface area contributed by atoms with Crippen LogP contribution >= 0.6 is 0 Å². The lowest BCUT2D eigenvalue weighted by molar-refractivity contribution is 0.0668. The van der Waals surface area contributed by atoms with E-state index in [1.165, 1.54) is 0 Å². The molecule has 4 N–H and O–H groups in total. The Balaban J connectivity index is 1.92. The molecule has 0 radical (unpaired) electrons. The van der Waals surface area contributed by atoms with Gasteiger partial charge in [-0.1, -0.05) is 6.07 Å². The van der Waals surface area contributed by atoms with Gasteiger partial charge in [0, 0.05) is 19.3 Å². The maximum absolute atomic E-state index is 9.56. The molecule has 5 nitrogen and oxygen atoms in total. The lowest BCUT2D eigenvalue weighted by Crippen LogP contribution is -2.37. The molecule has 88 valence electrons. The zero-order chi connectivity index (χ0) is 11.4. The first kappa shape index (κ1) is 11.3. The van der Waals surface area contributed by atoms with Gasteiger partial charge in [0.25, 0.3) is 0 Å². The number of hydrogen-bond acceptors (Lipinski definition) is 5. The van der Waals surface area contributed by atoms with Gasteiger partial charge < -0.3 is 10.5 Å². The minimum atomic E-state index is -0.174. The fourth-order valence-electron chi connectivity index (χ4n) is 2.04. The number of aliphatic hydroxyl groups excluding tert-OH is 1. The first-order valence-corrected chi connectivity index (χ1v) is 5.60. The number of rotatable bonds is 3. The molecule has 5 heteroatoms. The standard InChI is InChI=1S/C11H18N4O/c12-14-11-4-3-9(6-13-11)7-15-5-1-2-10(16)8-15/h3-4,6,10,16H,1-2,5,7-8,12H2,(H,13,14). The topological polar surface area (TPSA) is 74.4 Å². The van der Waals surface area contributed by atoms with Crippen LogP contribution in [-0.2, 0) is 6.54 Å². The quantitative estimate of drug-likeness (QED) is 0.507. The van der Waals surface area contributed by atoms with E-state index in [0.717, 1.165) is 38.0 Å². The molecule has 1 fully saturated rings. The van der Waals surface area contributed by atoms with Crippen LogP contribution in [0.4, 0.5) is 5.82 Å². The van der Waals surface area contributed by atoms with Crippen molar-refractivity contribution in [2.45, 2.75) is 25.5 Å². The number of nitrogens with two attached hydrogens (primary N) is 1. The highest BCUT2D eigenvalue weighted by Crippen LogP contribution is 2.13. The lowest BCUT2D eigenvalue weighted by atomic mass is 10.1. The zero-order valence-electron chi connectivity index (χ0n) is 9.26. The van der Waals surface area contributed by atoms with Crippen molar-refractivity contribution >= 4 is 5.82 Å². The SMILES string of the molecule is NNc1ccc(CN2CCCC(O)C2)cn1. The van der Waals surface area contributed by atoms with Gasteiger partial charge in [-0.15, -0.1) is 0 Å². The fourth-order valence-corrected chi connectivity index (χ4v) is 2.04. The zero-order valence-corrected chi connectivity index (χ0v) is 9.26. The summed E-state index contributed by atoms with van der Waals surface area (Å²) in [5.41, 5.74) is 3.65. The number of aliphatic hydroxyl groups is 1. The summed E-state index contributed by atoms with van der Waals surface area (Å²) in [6.45, 7) is 2.65. The van der Waals surface area contributed by atoms with Crippen LogP contribution in [0.2, 0.25) is 0 Å². The predicted molar refractivity (Wildman–Crippen MR) is 62.6 cm³/mol. The maximum Gasteiger partial charge on any atom is 0.139 e. The van der Waals surface area contributed by atoms with Crippen molar-refractivity contribution in [2.24, 2.45) is 5.84 Å². The Kier molecular flexibility index (Phi) is 3.71. The van der Waals surface area contributed by atoms with E-state index in [4.69, 9.17) is 5.84 Å². The van der Waals surface area contributed by atoms with Gasteiger partial charge >= 0.3 is 0 Å². The van der Waals surface area contributed by atoms with Crippen molar-refractivity contribution in [1.29, 1.82) is 0 Å². The molecule has 1 atom stereocenters. The van der Waals surface area contributed by atoms with Crippen LogP contribution in [0.25, 0.3) is 0 Å². The van der Waals surface area contributed by atoms with E-state index in [0.29, 0.717) is 5.82 Å². The Morgan fingerprint density at radius 1 is 1.56 bits per heavy atom. The maximum atomic E-state index is 9.56. The largest absolute Gasteiger partial charge is 0.392 e. The van der Waals surface area contributed by atoms with Crippen molar-refractivity contribution < 1.29 is 5.11 Å². The molecule has 1 saturated heterocycles. The highest BCUT2D eigenvalue weighted by molar-refractivity contribution is 5.33. The summed E-state index contributed by atoms with van der Waals surface area (Å²) in [4.78, 5) is 6.41. The van der Waals surface area contributed by atoms with E-state index >= 15 is 0 Å². The molecular weight excluding hydrogens is 204 g/mol. The Morgan fingerprint density at radius 3 is 3.06 bits per heavy atom. The number of hydrogen-bond donors (Lipinski definition) is 3. The number of anilines is 1. The van der Waals surface area contributed by atoms with E-state index in [1.54, 1.807) is 0 Å². The van der Waals surface area contributed by atoms with Crippen LogP contribution in [0.5, 0.6) is 0 Å². The van der Waals surface area contributed by atoms with Gasteiger partial charge in [-0.3, -0.25) is 4.90 Å². The van der Waals surface area contributed by atoms with E-state index in [1.807, 2.05) is 18.3 Å². The third-order valence-electron chi connectivity index (χ3n) is 2.86. The number of nitrogens with zero attached hydrogens (tertiary/aromatic N) is 2. The van der Waals surface area contributed by atoms with Crippen LogP contribution in [0.3, 0.4) is 0 Å². The molecule has 2 rings (SSSR count). The summed E-state index contributed by atoms with van der Waals surface area (Å²) in [7, 11) is 0. The second kappa shape index (κ2) is 5.25. The number of β-amino-alcohol motifs (C(OH)–C–C–N with tert-alkyl or cyclic N) is 1. The minimum Gasteiger partial charge on any atom is -0.392 e.